The maximum Gasteiger partial charge on any atom is 0.278 e. The van der Waals surface area contributed by atoms with Gasteiger partial charge in [-0.3, -0.25) is 14.6 Å². The molecule has 1 aromatic carbocycles. The van der Waals surface area contributed by atoms with Gasteiger partial charge in [0.05, 0.1) is 34.7 Å². The van der Waals surface area contributed by atoms with E-state index >= 15 is 0 Å². The number of rotatable bonds is 6. The molecule has 0 radical (unpaired) electrons. The molecule has 1 atom stereocenters. The Morgan fingerprint density at radius 3 is 2.48 bits per heavy atom. The second-order valence-electron chi connectivity index (χ2n) is 7.35. The maximum atomic E-state index is 13.4. The lowest BCUT2D eigenvalue weighted by molar-refractivity contribution is -0.125. The molecule has 8 nitrogen and oxygen atoms in total. The van der Waals surface area contributed by atoms with Crippen LogP contribution in [0.5, 0.6) is 0 Å². The third-order valence-electron chi connectivity index (χ3n) is 5.29. The number of nitrogens with one attached hydrogen (secondary N) is 1. The molecule has 158 valence electrons. The molecule has 0 bridgehead atoms. The first kappa shape index (κ1) is 20.5. The van der Waals surface area contributed by atoms with E-state index in [1.807, 2.05) is 62.4 Å². The fraction of sp³-hybridized carbons (Fsp3) is 0.261. The zero-order valence-corrected chi connectivity index (χ0v) is 17.7. The SMILES string of the molecule is CCC(C(=O)NCc1ccccn1)n1nc(C)c2nn(-c3ccccc3)c(C)c2c1=O. The number of aromatic nitrogens is 5. The number of para-hydroxylation sites is 1. The van der Waals surface area contributed by atoms with E-state index < -0.39 is 6.04 Å². The van der Waals surface area contributed by atoms with Crippen LogP contribution in [-0.4, -0.2) is 30.5 Å². The summed E-state index contributed by atoms with van der Waals surface area (Å²) in [5, 5.41) is 12.4. The summed E-state index contributed by atoms with van der Waals surface area (Å²) in [5.74, 6) is -0.269. The molecular weight excluding hydrogens is 392 g/mol. The Morgan fingerprint density at radius 1 is 1.06 bits per heavy atom. The molecule has 0 aliphatic rings. The number of carbonyl (C=O) groups is 1. The van der Waals surface area contributed by atoms with E-state index in [0.29, 0.717) is 28.7 Å². The quantitative estimate of drug-likeness (QED) is 0.522. The van der Waals surface area contributed by atoms with E-state index in [0.717, 1.165) is 11.4 Å². The molecule has 0 aliphatic heterocycles. The van der Waals surface area contributed by atoms with Gasteiger partial charge in [0.2, 0.25) is 5.91 Å². The van der Waals surface area contributed by atoms with Gasteiger partial charge in [-0.25, -0.2) is 9.36 Å². The van der Waals surface area contributed by atoms with Gasteiger partial charge in [0.25, 0.3) is 5.56 Å². The Balaban J connectivity index is 1.73. The van der Waals surface area contributed by atoms with Crippen LogP contribution in [0, 0.1) is 13.8 Å². The fourth-order valence-corrected chi connectivity index (χ4v) is 3.68. The van der Waals surface area contributed by atoms with Crippen molar-refractivity contribution in [2.24, 2.45) is 0 Å². The van der Waals surface area contributed by atoms with Gasteiger partial charge in [-0.1, -0.05) is 31.2 Å². The molecule has 0 saturated heterocycles. The highest BCUT2D eigenvalue weighted by Crippen LogP contribution is 2.21. The van der Waals surface area contributed by atoms with Crippen molar-refractivity contribution in [3.63, 3.8) is 0 Å². The number of carbonyl (C=O) groups excluding carboxylic acids is 1. The first-order valence-electron chi connectivity index (χ1n) is 10.2. The lowest BCUT2D eigenvalue weighted by atomic mass is 10.2. The van der Waals surface area contributed by atoms with Gasteiger partial charge in [0.15, 0.2) is 0 Å². The molecule has 0 saturated carbocycles. The van der Waals surface area contributed by atoms with Crippen molar-refractivity contribution >= 4 is 16.8 Å². The van der Waals surface area contributed by atoms with Crippen molar-refractivity contribution in [2.45, 2.75) is 39.8 Å². The Hall–Kier alpha value is -3.81. The van der Waals surface area contributed by atoms with Crippen LogP contribution in [0.3, 0.4) is 0 Å². The number of fused-ring (bicyclic) bond motifs is 1. The highest BCUT2D eigenvalue weighted by atomic mass is 16.2. The molecule has 0 spiro atoms. The van der Waals surface area contributed by atoms with Crippen LogP contribution in [0.2, 0.25) is 0 Å². The third kappa shape index (κ3) is 3.84. The fourth-order valence-electron chi connectivity index (χ4n) is 3.68. The summed E-state index contributed by atoms with van der Waals surface area (Å²) in [6.45, 7) is 5.81. The average Bonchev–Trinajstić information content (AvgIpc) is 3.15. The molecule has 1 N–H and O–H groups in total. The van der Waals surface area contributed by atoms with Gasteiger partial charge in [-0.15, -0.1) is 0 Å². The lowest BCUT2D eigenvalue weighted by Crippen LogP contribution is -2.38. The van der Waals surface area contributed by atoms with E-state index in [1.54, 1.807) is 17.8 Å². The lowest BCUT2D eigenvalue weighted by Gasteiger charge is -2.17. The van der Waals surface area contributed by atoms with Crippen molar-refractivity contribution < 1.29 is 4.79 Å². The molecule has 31 heavy (non-hydrogen) atoms. The van der Waals surface area contributed by atoms with Crippen LogP contribution in [0.1, 0.15) is 36.5 Å². The summed E-state index contributed by atoms with van der Waals surface area (Å²) in [6, 6.07) is 14.4. The molecule has 0 aliphatic carbocycles. The van der Waals surface area contributed by atoms with Gasteiger partial charge >= 0.3 is 0 Å². The molecule has 8 heteroatoms. The molecule has 1 amide bonds. The smallest absolute Gasteiger partial charge is 0.278 e. The van der Waals surface area contributed by atoms with Crippen LogP contribution in [-0.2, 0) is 11.3 Å². The number of nitrogens with zero attached hydrogens (tertiary/aromatic N) is 5. The summed E-state index contributed by atoms with van der Waals surface area (Å²) in [4.78, 5) is 30.5. The first-order valence-corrected chi connectivity index (χ1v) is 10.2. The molecule has 3 aromatic heterocycles. The summed E-state index contributed by atoms with van der Waals surface area (Å²) in [5.41, 5.74) is 3.16. The van der Waals surface area contributed by atoms with Gasteiger partial charge < -0.3 is 5.32 Å². The number of hydrogen-bond donors (Lipinski definition) is 1. The number of aryl methyl sites for hydroxylation is 2. The summed E-state index contributed by atoms with van der Waals surface area (Å²) in [6.07, 6.45) is 2.10. The highest BCUT2D eigenvalue weighted by molar-refractivity contribution is 5.84. The van der Waals surface area contributed by atoms with E-state index in [4.69, 9.17) is 0 Å². The molecule has 4 aromatic rings. The van der Waals surface area contributed by atoms with Crippen molar-refractivity contribution in [3.8, 4) is 5.69 Å². The van der Waals surface area contributed by atoms with E-state index in [1.165, 1.54) is 4.68 Å². The highest BCUT2D eigenvalue weighted by Gasteiger charge is 2.25. The maximum absolute atomic E-state index is 13.4. The van der Waals surface area contributed by atoms with Gasteiger partial charge in [-0.2, -0.15) is 10.2 Å². The largest absolute Gasteiger partial charge is 0.349 e. The molecule has 0 fully saturated rings. The van der Waals surface area contributed by atoms with Crippen LogP contribution in [0.15, 0.2) is 59.5 Å². The molecule has 1 unspecified atom stereocenters. The van der Waals surface area contributed by atoms with Crippen LogP contribution >= 0.6 is 0 Å². The zero-order valence-electron chi connectivity index (χ0n) is 17.7. The van der Waals surface area contributed by atoms with Crippen molar-refractivity contribution in [1.29, 1.82) is 0 Å². The second kappa shape index (κ2) is 8.51. The van der Waals surface area contributed by atoms with Gasteiger partial charge in [0.1, 0.15) is 11.6 Å². The zero-order chi connectivity index (χ0) is 22.0. The monoisotopic (exact) mass is 416 g/mol. The van der Waals surface area contributed by atoms with E-state index in [2.05, 4.69) is 20.5 Å². The third-order valence-corrected chi connectivity index (χ3v) is 5.29. The Bertz CT molecular complexity index is 1280. The molecular formula is C23H24N6O2. The molecule has 3 heterocycles. The van der Waals surface area contributed by atoms with Crippen molar-refractivity contribution in [2.75, 3.05) is 0 Å². The van der Waals surface area contributed by atoms with E-state index in [9.17, 15) is 9.59 Å². The number of benzene rings is 1. The normalized spacial score (nSPS) is 12.1. The Morgan fingerprint density at radius 2 is 1.81 bits per heavy atom. The van der Waals surface area contributed by atoms with Crippen molar-refractivity contribution in [1.82, 2.24) is 29.9 Å². The van der Waals surface area contributed by atoms with Gasteiger partial charge in [-0.05, 0) is 44.5 Å². The summed E-state index contributed by atoms with van der Waals surface area (Å²) >= 11 is 0. The van der Waals surface area contributed by atoms with Crippen LogP contribution in [0.25, 0.3) is 16.6 Å². The minimum Gasteiger partial charge on any atom is -0.349 e. The molecule has 4 rings (SSSR count). The number of hydrogen-bond acceptors (Lipinski definition) is 5. The predicted molar refractivity (Wildman–Crippen MR) is 118 cm³/mol. The minimum atomic E-state index is -0.723. The predicted octanol–water partition coefficient (Wildman–Crippen LogP) is 2.86. The van der Waals surface area contributed by atoms with Crippen molar-refractivity contribution in [3.05, 3.63) is 82.2 Å². The van der Waals surface area contributed by atoms with Crippen LogP contribution < -0.4 is 10.9 Å². The summed E-state index contributed by atoms with van der Waals surface area (Å²) < 4.78 is 3.03. The Labute approximate surface area is 179 Å². The summed E-state index contributed by atoms with van der Waals surface area (Å²) in [7, 11) is 0. The first-order chi connectivity index (χ1) is 15.0. The van der Waals surface area contributed by atoms with E-state index in [-0.39, 0.29) is 18.0 Å². The number of amides is 1. The number of pyridine rings is 1. The Kier molecular flexibility index (Phi) is 5.62. The average molecular weight is 416 g/mol. The topological polar surface area (TPSA) is 94.7 Å². The standard InChI is InChI=1S/C23H24N6O2/c1-4-19(22(30)25-14-17-10-8-9-13-24-17)29-23(31)20-16(3)28(18-11-6-5-7-12-18)27-21(20)15(2)26-29/h5-13,19H,4,14H2,1-3H3,(H,25,30). The van der Waals surface area contributed by atoms with Crippen LogP contribution in [0.4, 0.5) is 0 Å². The van der Waals surface area contributed by atoms with Gasteiger partial charge in [0, 0.05) is 6.20 Å². The second-order valence-corrected chi connectivity index (χ2v) is 7.35. The minimum absolute atomic E-state index is 0.269.